The lowest BCUT2D eigenvalue weighted by Gasteiger charge is -2.13. The van der Waals surface area contributed by atoms with Crippen molar-refractivity contribution in [2.24, 2.45) is 0 Å². The first-order valence-electron chi connectivity index (χ1n) is 19.4. The normalized spacial score (nSPS) is 11.8. The first kappa shape index (κ1) is 32.7. The average molecular weight is 758 g/mol. The number of furan rings is 1. The Labute approximate surface area is 337 Å². The van der Waals surface area contributed by atoms with E-state index in [1.165, 1.54) is 41.7 Å². The van der Waals surface area contributed by atoms with Crippen molar-refractivity contribution in [3.8, 4) is 56.4 Å². The highest BCUT2D eigenvalue weighted by atomic mass is 32.1. The lowest BCUT2D eigenvalue weighted by molar-refractivity contribution is 0.670. The standard InChI is InChI=1S/C53H31N3OS/c1-2-13-33(14-3-1)51-54-52(36-27-29-42-41-17-8-9-23-47(41)58-48(42)31-36)56-53(55-51)44-18-7-6-16-40(44)43-20-11-22-46-49(43)45-21-10-19-39(50(45)57-46)35-26-28-38-34(30-35)25-24-32-12-4-5-15-37(32)38/h1-31H. The Morgan fingerprint density at radius 2 is 0.966 bits per heavy atom. The van der Waals surface area contributed by atoms with E-state index >= 15 is 0 Å². The van der Waals surface area contributed by atoms with Gasteiger partial charge < -0.3 is 4.42 Å². The van der Waals surface area contributed by atoms with E-state index in [1.807, 2.05) is 18.2 Å². The van der Waals surface area contributed by atoms with E-state index in [4.69, 9.17) is 19.4 Å². The molecule has 58 heavy (non-hydrogen) atoms. The van der Waals surface area contributed by atoms with E-state index in [0.29, 0.717) is 17.5 Å². The molecular weight excluding hydrogens is 727 g/mol. The summed E-state index contributed by atoms with van der Waals surface area (Å²) in [6.07, 6.45) is 0. The number of para-hydroxylation sites is 1. The zero-order chi connectivity index (χ0) is 38.2. The number of hydrogen-bond donors (Lipinski definition) is 0. The zero-order valence-electron chi connectivity index (χ0n) is 31.1. The molecule has 0 saturated heterocycles. The van der Waals surface area contributed by atoms with Crippen LogP contribution in [-0.4, -0.2) is 15.0 Å². The molecule has 0 saturated carbocycles. The SMILES string of the molecule is c1ccc(-c2nc(-c3ccc4c(c3)sc3ccccc34)nc(-c3ccccc3-c3cccc4oc5c(-c6ccc7c(ccc8ccccc87)c6)cccc5c34)n2)cc1. The topological polar surface area (TPSA) is 51.8 Å². The quantitative estimate of drug-likeness (QED) is 0.164. The molecule has 0 fully saturated rings. The molecule has 4 nitrogen and oxygen atoms in total. The maximum Gasteiger partial charge on any atom is 0.164 e. The van der Waals surface area contributed by atoms with Crippen molar-refractivity contribution in [3.05, 3.63) is 188 Å². The number of aromatic nitrogens is 3. The third-order valence-corrected chi connectivity index (χ3v) is 12.5. The van der Waals surface area contributed by atoms with Gasteiger partial charge in [-0.25, -0.2) is 15.0 Å². The Hall–Kier alpha value is -7.47. The Kier molecular flexibility index (Phi) is 7.37. The summed E-state index contributed by atoms with van der Waals surface area (Å²) >= 11 is 1.79. The van der Waals surface area contributed by atoms with Crippen molar-refractivity contribution >= 4 is 75.0 Å². The molecule has 0 N–H and O–H groups in total. The molecule has 9 aromatic carbocycles. The van der Waals surface area contributed by atoms with E-state index in [0.717, 1.165) is 60.9 Å². The molecule has 12 rings (SSSR count). The fraction of sp³-hybridized carbons (Fsp3) is 0. The van der Waals surface area contributed by atoms with Crippen LogP contribution in [0, 0.1) is 0 Å². The number of thiophene rings is 1. The minimum Gasteiger partial charge on any atom is -0.455 e. The van der Waals surface area contributed by atoms with Crippen LogP contribution in [0.4, 0.5) is 0 Å². The number of benzene rings is 9. The molecule has 0 atom stereocenters. The fourth-order valence-electron chi connectivity index (χ4n) is 8.60. The Bertz CT molecular complexity index is 3590. The number of nitrogens with zero attached hydrogens (tertiary/aromatic N) is 3. The smallest absolute Gasteiger partial charge is 0.164 e. The van der Waals surface area contributed by atoms with Crippen LogP contribution in [0.2, 0.25) is 0 Å². The van der Waals surface area contributed by atoms with E-state index in [9.17, 15) is 0 Å². The zero-order valence-corrected chi connectivity index (χ0v) is 31.9. The van der Waals surface area contributed by atoms with Crippen LogP contribution in [0.15, 0.2) is 192 Å². The summed E-state index contributed by atoms with van der Waals surface area (Å²) in [5.74, 6) is 1.88. The largest absolute Gasteiger partial charge is 0.455 e. The van der Waals surface area contributed by atoms with Gasteiger partial charge in [0.1, 0.15) is 11.2 Å². The second-order valence-corrected chi connectivity index (χ2v) is 15.8. The Morgan fingerprint density at radius 3 is 1.88 bits per heavy atom. The van der Waals surface area contributed by atoms with Crippen LogP contribution < -0.4 is 0 Å². The highest BCUT2D eigenvalue weighted by molar-refractivity contribution is 7.25. The van der Waals surface area contributed by atoms with Gasteiger partial charge in [-0.2, -0.15) is 0 Å². The summed E-state index contributed by atoms with van der Waals surface area (Å²) in [5, 5.41) is 9.59. The molecule has 12 aromatic rings. The number of fused-ring (bicyclic) bond motifs is 9. The van der Waals surface area contributed by atoms with Crippen molar-refractivity contribution in [1.82, 2.24) is 15.0 Å². The predicted molar refractivity (Wildman–Crippen MR) is 242 cm³/mol. The fourth-order valence-corrected chi connectivity index (χ4v) is 9.75. The lowest BCUT2D eigenvalue weighted by Crippen LogP contribution is -2.01. The summed E-state index contributed by atoms with van der Waals surface area (Å²) in [6, 6.07) is 66.2. The molecule has 3 aromatic heterocycles. The molecule has 5 heteroatoms. The van der Waals surface area contributed by atoms with Gasteiger partial charge in [-0.3, -0.25) is 0 Å². The molecule has 0 bridgehead atoms. The summed E-state index contributed by atoms with van der Waals surface area (Å²) in [7, 11) is 0. The van der Waals surface area contributed by atoms with Gasteiger partial charge in [0.15, 0.2) is 17.5 Å². The predicted octanol–water partition coefficient (Wildman–Crippen LogP) is 14.8. The van der Waals surface area contributed by atoms with Crippen molar-refractivity contribution in [1.29, 1.82) is 0 Å². The molecular formula is C53H31N3OS. The first-order chi connectivity index (χ1) is 28.7. The maximum absolute atomic E-state index is 6.80. The van der Waals surface area contributed by atoms with Crippen LogP contribution >= 0.6 is 11.3 Å². The highest BCUT2D eigenvalue weighted by Crippen LogP contribution is 2.44. The van der Waals surface area contributed by atoms with E-state index in [1.54, 1.807) is 11.3 Å². The van der Waals surface area contributed by atoms with Gasteiger partial charge >= 0.3 is 0 Å². The van der Waals surface area contributed by atoms with Crippen LogP contribution in [0.25, 0.3) is 120 Å². The van der Waals surface area contributed by atoms with Crippen LogP contribution in [0.3, 0.4) is 0 Å². The van der Waals surface area contributed by atoms with Crippen molar-refractivity contribution < 1.29 is 4.42 Å². The Morgan fingerprint density at radius 1 is 0.345 bits per heavy atom. The molecule has 0 aliphatic rings. The van der Waals surface area contributed by atoms with Gasteiger partial charge in [0.05, 0.1) is 0 Å². The van der Waals surface area contributed by atoms with Gasteiger partial charge in [0, 0.05) is 53.2 Å². The highest BCUT2D eigenvalue weighted by Gasteiger charge is 2.21. The third-order valence-electron chi connectivity index (χ3n) is 11.3. The summed E-state index contributed by atoms with van der Waals surface area (Å²) in [4.78, 5) is 15.5. The summed E-state index contributed by atoms with van der Waals surface area (Å²) in [5.41, 5.74) is 8.78. The lowest BCUT2D eigenvalue weighted by atomic mass is 9.93. The average Bonchev–Trinajstić information content (AvgIpc) is 3.87. The summed E-state index contributed by atoms with van der Waals surface area (Å²) in [6.45, 7) is 0. The Balaban J connectivity index is 1.03. The van der Waals surface area contributed by atoms with Gasteiger partial charge in [-0.1, -0.05) is 164 Å². The molecule has 0 aliphatic heterocycles. The van der Waals surface area contributed by atoms with E-state index < -0.39 is 0 Å². The van der Waals surface area contributed by atoms with Gasteiger partial charge in [0.2, 0.25) is 0 Å². The maximum atomic E-state index is 6.80. The van der Waals surface area contributed by atoms with Crippen LogP contribution in [0.1, 0.15) is 0 Å². The van der Waals surface area contributed by atoms with Gasteiger partial charge in [-0.15, -0.1) is 11.3 Å². The summed E-state index contributed by atoms with van der Waals surface area (Å²) < 4.78 is 9.27. The molecule has 3 heterocycles. The van der Waals surface area contributed by atoms with E-state index in [2.05, 4.69) is 170 Å². The van der Waals surface area contributed by atoms with Crippen LogP contribution in [0.5, 0.6) is 0 Å². The van der Waals surface area contributed by atoms with Crippen molar-refractivity contribution in [2.75, 3.05) is 0 Å². The van der Waals surface area contributed by atoms with Gasteiger partial charge in [-0.05, 0) is 62.5 Å². The molecule has 0 aliphatic carbocycles. The number of rotatable bonds is 5. The number of hydrogen-bond acceptors (Lipinski definition) is 5. The van der Waals surface area contributed by atoms with Crippen molar-refractivity contribution in [2.45, 2.75) is 0 Å². The molecule has 270 valence electrons. The molecule has 0 unspecified atom stereocenters. The minimum absolute atomic E-state index is 0.616. The van der Waals surface area contributed by atoms with Crippen LogP contribution in [-0.2, 0) is 0 Å². The minimum atomic E-state index is 0.616. The van der Waals surface area contributed by atoms with Gasteiger partial charge in [0.25, 0.3) is 0 Å². The second-order valence-electron chi connectivity index (χ2n) is 14.7. The monoisotopic (exact) mass is 757 g/mol. The third kappa shape index (κ3) is 5.25. The molecule has 0 radical (unpaired) electrons. The molecule has 0 spiro atoms. The second kappa shape index (κ2) is 13.1. The van der Waals surface area contributed by atoms with E-state index in [-0.39, 0.29) is 0 Å². The first-order valence-corrected chi connectivity index (χ1v) is 20.2. The van der Waals surface area contributed by atoms with Crippen molar-refractivity contribution in [3.63, 3.8) is 0 Å². The molecule has 0 amide bonds.